The van der Waals surface area contributed by atoms with E-state index in [2.05, 4.69) is 5.32 Å². The van der Waals surface area contributed by atoms with E-state index in [9.17, 15) is 4.39 Å². The number of nitrogens with one attached hydrogen (secondary N) is 1. The average Bonchev–Trinajstić information content (AvgIpc) is 2.23. The highest BCUT2D eigenvalue weighted by atomic mass is 35.5. The quantitative estimate of drug-likeness (QED) is 0.704. The van der Waals surface area contributed by atoms with Crippen molar-refractivity contribution < 1.29 is 4.39 Å². The van der Waals surface area contributed by atoms with E-state index in [4.69, 9.17) is 23.1 Å². The van der Waals surface area contributed by atoms with Gasteiger partial charge >= 0.3 is 0 Å². The molecule has 0 amide bonds. The molecule has 0 aromatic heterocycles. The number of nitrogens with two attached hydrogens (primary N) is 2. The van der Waals surface area contributed by atoms with Crippen LogP contribution >= 0.6 is 11.6 Å². The molecule has 1 rings (SSSR count). The molecule has 0 fully saturated rings. The van der Waals surface area contributed by atoms with Gasteiger partial charge in [0.15, 0.2) is 0 Å². The summed E-state index contributed by atoms with van der Waals surface area (Å²) in [6, 6.07) is 4.59. The molecule has 1 aromatic carbocycles. The van der Waals surface area contributed by atoms with E-state index in [1.54, 1.807) is 12.1 Å². The van der Waals surface area contributed by atoms with Crippen LogP contribution in [0.25, 0.3) is 0 Å². The number of benzene rings is 1. The van der Waals surface area contributed by atoms with Crippen molar-refractivity contribution in [3.8, 4) is 0 Å². The van der Waals surface area contributed by atoms with Crippen molar-refractivity contribution in [1.82, 2.24) is 5.32 Å². The van der Waals surface area contributed by atoms with Gasteiger partial charge in [-0.3, -0.25) is 0 Å². The van der Waals surface area contributed by atoms with Crippen molar-refractivity contribution in [1.29, 1.82) is 0 Å². The molecule has 3 nitrogen and oxygen atoms in total. The van der Waals surface area contributed by atoms with E-state index in [0.717, 1.165) is 0 Å². The van der Waals surface area contributed by atoms with Crippen molar-refractivity contribution >= 4 is 11.6 Å². The van der Waals surface area contributed by atoms with E-state index in [0.29, 0.717) is 30.2 Å². The molecule has 0 unspecified atom stereocenters. The normalized spacial score (nSPS) is 11.0. The summed E-state index contributed by atoms with van der Waals surface area (Å²) in [7, 11) is 0. The van der Waals surface area contributed by atoms with Crippen LogP contribution in [0.1, 0.15) is 5.56 Å². The van der Waals surface area contributed by atoms with Crippen molar-refractivity contribution in [2.75, 3.05) is 13.1 Å². The first-order valence-corrected chi connectivity index (χ1v) is 5.13. The van der Waals surface area contributed by atoms with Crippen molar-refractivity contribution in [3.63, 3.8) is 0 Å². The van der Waals surface area contributed by atoms with Gasteiger partial charge in [0.1, 0.15) is 5.82 Å². The molecule has 15 heavy (non-hydrogen) atoms. The van der Waals surface area contributed by atoms with Gasteiger partial charge in [-0.1, -0.05) is 17.7 Å². The fraction of sp³-hybridized carbons (Fsp3) is 0.400. The summed E-state index contributed by atoms with van der Waals surface area (Å²) in [4.78, 5) is 0. The van der Waals surface area contributed by atoms with E-state index in [1.807, 2.05) is 0 Å². The fourth-order valence-corrected chi connectivity index (χ4v) is 1.44. The summed E-state index contributed by atoms with van der Waals surface area (Å²) >= 11 is 5.86. The van der Waals surface area contributed by atoms with E-state index < -0.39 is 0 Å². The maximum absolute atomic E-state index is 13.3. The second kappa shape index (κ2) is 6.02. The summed E-state index contributed by atoms with van der Waals surface area (Å²) in [6.07, 6.45) is 0. The molecule has 0 heterocycles. The Bertz CT molecular complexity index is 295. The molecule has 84 valence electrons. The van der Waals surface area contributed by atoms with E-state index in [1.165, 1.54) is 6.07 Å². The Labute approximate surface area is 93.6 Å². The lowest BCUT2D eigenvalue weighted by molar-refractivity contribution is 0.511. The highest BCUT2D eigenvalue weighted by Crippen LogP contribution is 2.18. The van der Waals surface area contributed by atoms with Gasteiger partial charge in [0.2, 0.25) is 0 Å². The molecule has 1 aromatic rings. The van der Waals surface area contributed by atoms with Crippen molar-refractivity contribution in [2.45, 2.75) is 12.6 Å². The minimum atomic E-state index is -0.317. The van der Waals surface area contributed by atoms with Gasteiger partial charge in [-0.2, -0.15) is 0 Å². The Hall–Kier alpha value is -0.680. The van der Waals surface area contributed by atoms with Gasteiger partial charge in [0.05, 0.1) is 0 Å². The minimum Gasteiger partial charge on any atom is -0.329 e. The molecule has 0 aliphatic rings. The van der Waals surface area contributed by atoms with Crippen LogP contribution in [-0.2, 0) is 6.54 Å². The predicted octanol–water partition coefficient (Wildman–Crippen LogP) is 0.855. The molecule has 0 atom stereocenters. The Balaban J connectivity index is 2.64. The monoisotopic (exact) mass is 231 g/mol. The Kier molecular flexibility index (Phi) is 4.98. The molecule has 0 saturated heterocycles. The first-order chi connectivity index (χ1) is 7.19. The average molecular weight is 232 g/mol. The Morgan fingerprint density at radius 2 is 2.00 bits per heavy atom. The maximum atomic E-state index is 13.3. The second-order valence-electron chi connectivity index (χ2n) is 3.25. The second-order valence-corrected chi connectivity index (χ2v) is 3.66. The first kappa shape index (κ1) is 12.4. The maximum Gasteiger partial charge on any atom is 0.129 e. The number of rotatable bonds is 5. The predicted molar refractivity (Wildman–Crippen MR) is 60.1 cm³/mol. The van der Waals surface area contributed by atoms with Crippen LogP contribution in [0.4, 0.5) is 4.39 Å². The molecule has 0 bridgehead atoms. The third kappa shape index (κ3) is 3.43. The number of hydrogen-bond donors (Lipinski definition) is 3. The van der Waals surface area contributed by atoms with Crippen LogP contribution in [0.15, 0.2) is 18.2 Å². The van der Waals surface area contributed by atoms with E-state index in [-0.39, 0.29) is 11.9 Å². The van der Waals surface area contributed by atoms with Crippen molar-refractivity contribution in [3.05, 3.63) is 34.6 Å². The zero-order valence-corrected chi connectivity index (χ0v) is 9.10. The van der Waals surface area contributed by atoms with Gasteiger partial charge in [-0.05, 0) is 12.1 Å². The van der Waals surface area contributed by atoms with Crippen molar-refractivity contribution in [2.24, 2.45) is 11.5 Å². The molecular weight excluding hydrogens is 217 g/mol. The first-order valence-electron chi connectivity index (χ1n) is 4.75. The zero-order chi connectivity index (χ0) is 11.3. The highest BCUT2D eigenvalue weighted by molar-refractivity contribution is 6.31. The van der Waals surface area contributed by atoms with Gasteiger partial charge in [-0.15, -0.1) is 0 Å². The van der Waals surface area contributed by atoms with Gasteiger partial charge in [-0.25, -0.2) is 4.39 Å². The summed E-state index contributed by atoms with van der Waals surface area (Å²) in [6.45, 7) is 1.18. The van der Waals surface area contributed by atoms with Gasteiger partial charge in [0.25, 0.3) is 0 Å². The fourth-order valence-electron chi connectivity index (χ4n) is 1.21. The lowest BCUT2D eigenvalue weighted by atomic mass is 10.2. The molecule has 0 radical (unpaired) electrons. The molecule has 0 spiro atoms. The summed E-state index contributed by atoms with van der Waals surface area (Å²) in [5, 5.41) is 3.45. The summed E-state index contributed by atoms with van der Waals surface area (Å²) in [5.74, 6) is -0.317. The summed E-state index contributed by atoms with van der Waals surface area (Å²) < 4.78 is 13.3. The minimum absolute atomic E-state index is 0.0133. The van der Waals surface area contributed by atoms with Crippen LogP contribution in [0.3, 0.4) is 0 Å². The third-order valence-corrected chi connectivity index (χ3v) is 2.55. The van der Waals surface area contributed by atoms with Crippen LogP contribution in [-0.4, -0.2) is 19.1 Å². The lowest BCUT2D eigenvalue weighted by Crippen LogP contribution is -2.41. The smallest absolute Gasteiger partial charge is 0.129 e. The zero-order valence-electron chi connectivity index (χ0n) is 8.34. The van der Waals surface area contributed by atoms with Gasteiger partial charge < -0.3 is 16.8 Å². The molecule has 0 saturated carbocycles. The Morgan fingerprint density at radius 1 is 1.33 bits per heavy atom. The Morgan fingerprint density at radius 3 is 2.53 bits per heavy atom. The number of halogens is 2. The van der Waals surface area contributed by atoms with Gasteiger partial charge in [0, 0.05) is 36.3 Å². The molecule has 0 aliphatic carbocycles. The third-order valence-electron chi connectivity index (χ3n) is 2.20. The SMILES string of the molecule is NCC(CN)NCc1c(F)cccc1Cl. The number of hydrogen-bond acceptors (Lipinski definition) is 3. The standard InChI is InChI=1S/C10H15ClFN3/c11-9-2-1-3-10(12)8(9)6-15-7(4-13)5-14/h1-3,7,15H,4-6,13-14H2. The van der Waals surface area contributed by atoms with Crippen LogP contribution in [0.2, 0.25) is 5.02 Å². The highest BCUT2D eigenvalue weighted by Gasteiger charge is 2.09. The summed E-state index contributed by atoms with van der Waals surface area (Å²) in [5.41, 5.74) is 11.4. The van der Waals surface area contributed by atoms with Crippen LogP contribution < -0.4 is 16.8 Å². The molecular formula is C10H15ClFN3. The molecule has 5 N–H and O–H groups in total. The van der Waals surface area contributed by atoms with Crippen LogP contribution in [0, 0.1) is 5.82 Å². The largest absolute Gasteiger partial charge is 0.329 e. The lowest BCUT2D eigenvalue weighted by Gasteiger charge is -2.15. The topological polar surface area (TPSA) is 64.1 Å². The molecule has 0 aliphatic heterocycles. The van der Waals surface area contributed by atoms with Crippen LogP contribution in [0.5, 0.6) is 0 Å². The molecule has 5 heteroatoms. The van der Waals surface area contributed by atoms with E-state index >= 15 is 0 Å².